The molecule has 38 heavy (non-hydrogen) atoms. The summed E-state index contributed by atoms with van der Waals surface area (Å²) in [7, 11) is 0. The van der Waals surface area contributed by atoms with Gasteiger partial charge in [-0.2, -0.15) is 0 Å². The van der Waals surface area contributed by atoms with Gasteiger partial charge in [-0.25, -0.2) is 9.69 Å². The standard InChI is InChI=1S/C30H29ClN2O5/c1-6-37-26-15-22(14-24(31)27(26)38-16-21-9-8-18(3)19(4)12-21)13-23-28(34)32-30(36)33(29(23)35)25-10-7-17(2)11-20(25)5/h7-15H,6,16H2,1-5H3,(H,32,34,36)/b23-13+. The van der Waals surface area contributed by atoms with Gasteiger partial charge < -0.3 is 9.47 Å². The highest BCUT2D eigenvalue weighted by Gasteiger charge is 2.37. The predicted octanol–water partition coefficient (Wildman–Crippen LogP) is 6.22. The molecule has 1 saturated heterocycles. The maximum atomic E-state index is 13.3. The van der Waals surface area contributed by atoms with E-state index < -0.39 is 17.8 Å². The van der Waals surface area contributed by atoms with Gasteiger partial charge in [0.1, 0.15) is 12.2 Å². The molecule has 0 aromatic heterocycles. The fourth-order valence-corrected chi connectivity index (χ4v) is 4.50. The Morgan fingerprint density at radius 1 is 0.895 bits per heavy atom. The van der Waals surface area contributed by atoms with E-state index in [0.717, 1.165) is 27.2 Å². The van der Waals surface area contributed by atoms with E-state index in [-0.39, 0.29) is 17.2 Å². The van der Waals surface area contributed by atoms with Crippen molar-refractivity contribution in [1.29, 1.82) is 0 Å². The van der Waals surface area contributed by atoms with Crippen molar-refractivity contribution in [1.82, 2.24) is 5.32 Å². The summed E-state index contributed by atoms with van der Waals surface area (Å²) in [5.41, 5.74) is 5.71. The first-order valence-corrected chi connectivity index (χ1v) is 12.6. The van der Waals surface area contributed by atoms with Crippen molar-refractivity contribution in [2.75, 3.05) is 11.5 Å². The number of urea groups is 1. The molecule has 4 amide bonds. The summed E-state index contributed by atoms with van der Waals surface area (Å²) in [6, 6.07) is 13.9. The number of nitrogens with zero attached hydrogens (tertiary/aromatic N) is 1. The smallest absolute Gasteiger partial charge is 0.335 e. The Morgan fingerprint density at radius 2 is 1.66 bits per heavy atom. The van der Waals surface area contributed by atoms with Crippen LogP contribution in [0.25, 0.3) is 6.08 Å². The predicted molar refractivity (Wildman–Crippen MR) is 148 cm³/mol. The second-order valence-electron chi connectivity index (χ2n) is 9.22. The molecule has 0 bridgehead atoms. The topological polar surface area (TPSA) is 84.9 Å². The molecular formula is C30H29ClN2O5. The number of hydrogen-bond donors (Lipinski definition) is 1. The van der Waals surface area contributed by atoms with Crippen molar-refractivity contribution in [2.45, 2.75) is 41.2 Å². The Labute approximate surface area is 227 Å². The Morgan fingerprint density at radius 3 is 2.34 bits per heavy atom. The number of carbonyl (C=O) groups is 3. The van der Waals surface area contributed by atoms with Crippen molar-refractivity contribution >= 4 is 41.2 Å². The third kappa shape index (κ3) is 5.58. The van der Waals surface area contributed by atoms with Gasteiger partial charge >= 0.3 is 6.03 Å². The highest BCUT2D eigenvalue weighted by Crippen LogP contribution is 2.38. The third-order valence-corrected chi connectivity index (χ3v) is 6.57. The number of nitrogens with one attached hydrogen (secondary N) is 1. The van der Waals surface area contributed by atoms with Crippen molar-refractivity contribution in [3.05, 3.63) is 92.5 Å². The minimum absolute atomic E-state index is 0.202. The minimum atomic E-state index is -0.799. The van der Waals surface area contributed by atoms with Crippen LogP contribution in [0.3, 0.4) is 0 Å². The van der Waals surface area contributed by atoms with E-state index in [2.05, 4.69) is 11.4 Å². The molecule has 1 heterocycles. The maximum Gasteiger partial charge on any atom is 0.335 e. The summed E-state index contributed by atoms with van der Waals surface area (Å²) < 4.78 is 11.8. The van der Waals surface area contributed by atoms with Crippen LogP contribution in [-0.2, 0) is 16.2 Å². The van der Waals surface area contributed by atoms with Crippen LogP contribution in [0.5, 0.6) is 11.5 Å². The highest BCUT2D eigenvalue weighted by atomic mass is 35.5. The second-order valence-corrected chi connectivity index (χ2v) is 9.63. The van der Waals surface area contributed by atoms with Crippen LogP contribution < -0.4 is 19.7 Å². The van der Waals surface area contributed by atoms with Crippen LogP contribution in [0.2, 0.25) is 5.02 Å². The lowest BCUT2D eigenvalue weighted by atomic mass is 10.0. The number of barbiturate groups is 1. The Hall–Kier alpha value is -4.10. The van der Waals surface area contributed by atoms with Gasteiger partial charge in [0, 0.05) is 0 Å². The summed E-state index contributed by atoms with van der Waals surface area (Å²) >= 11 is 6.58. The van der Waals surface area contributed by atoms with Gasteiger partial charge in [-0.05, 0) is 86.7 Å². The molecule has 0 saturated carbocycles. The first-order chi connectivity index (χ1) is 18.1. The summed E-state index contributed by atoms with van der Waals surface area (Å²) in [4.78, 5) is 39.6. The molecule has 1 aliphatic heterocycles. The number of rotatable bonds is 7. The van der Waals surface area contributed by atoms with Crippen LogP contribution in [0.1, 0.15) is 40.3 Å². The van der Waals surface area contributed by atoms with E-state index in [9.17, 15) is 14.4 Å². The number of aryl methyl sites for hydroxylation is 4. The monoisotopic (exact) mass is 532 g/mol. The van der Waals surface area contributed by atoms with Gasteiger partial charge in [0.05, 0.1) is 17.3 Å². The number of carbonyl (C=O) groups excluding carboxylic acids is 3. The Bertz CT molecular complexity index is 1480. The number of amides is 4. The average molecular weight is 533 g/mol. The summed E-state index contributed by atoms with van der Waals surface area (Å²) in [5.74, 6) is -0.776. The number of hydrogen-bond acceptors (Lipinski definition) is 5. The molecule has 1 aliphatic rings. The summed E-state index contributed by atoms with van der Waals surface area (Å²) in [6.07, 6.45) is 1.39. The van der Waals surface area contributed by atoms with E-state index in [0.29, 0.717) is 29.4 Å². The van der Waals surface area contributed by atoms with Gasteiger partial charge in [0.2, 0.25) is 0 Å². The molecule has 0 atom stereocenters. The van der Waals surface area contributed by atoms with Crippen LogP contribution in [0.15, 0.2) is 54.1 Å². The molecule has 8 heteroatoms. The van der Waals surface area contributed by atoms with Gasteiger partial charge in [-0.15, -0.1) is 0 Å². The number of imide groups is 2. The fraction of sp³-hybridized carbons (Fsp3) is 0.233. The molecule has 4 rings (SSSR count). The maximum absolute atomic E-state index is 13.3. The van der Waals surface area contributed by atoms with Gasteiger partial charge in [-0.3, -0.25) is 14.9 Å². The molecule has 0 unspecified atom stereocenters. The Kier molecular flexibility index (Phi) is 7.88. The molecule has 7 nitrogen and oxygen atoms in total. The molecule has 1 N–H and O–H groups in total. The van der Waals surface area contributed by atoms with E-state index >= 15 is 0 Å². The van der Waals surface area contributed by atoms with Crippen molar-refractivity contribution in [3.63, 3.8) is 0 Å². The molecule has 196 valence electrons. The lowest BCUT2D eigenvalue weighted by Gasteiger charge is -2.27. The molecule has 0 spiro atoms. The minimum Gasteiger partial charge on any atom is -0.490 e. The Balaban J connectivity index is 1.67. The largest absolute Gasteiger partial charge is 0.490 e. The number of anilines is 1. The number of ether oxygens (including phenoxy) is 2. The molecular weight excluding hydrogens is 504 g/mol. The van der Waals surface area contributed by atoms with Gasteiger partial charge in [0.15, 0.2) is 11.5 Å². The molecule has 1 fully saturated rings. The summed E-state index contributed by atoms with van der Waals surface area (Å²) in [6.45, 7) is 10.3. The molecule has 0 radical (unpaired) electrons. The van der Waals surface area contributed by atoms with Gasteiger partial charge in [-0.1, -0.05) is 47.5 Å². The molecule has 0 aliphatic carbocycles. The van der Waals surface area contributed by atoms with Crippen LogP contribution in [-0.4, -0.2) is 24.5 Å². The van der Waals surface area contributed by atoms with Crippen molar-refractivity contribution in [2.24, 2.45) is 0 Å². The van der Waals surface area contributed by atoms with E-state index in [1.807, 2.05) is 45.9 Å². The lowest BCUT2D eigenvalue weighted by molar-refractivity contribution is -0.122. The van der Waals surface area contributed by atoms with Crippen molar-refractivity contribution in [3.8, 4) is 11.5 Å². The van der Waals surface area contributed by atoms with E-state index in [1.165, 1.54) is 11.6 Å². The zero-order chi connectivity index (χ0) is 27.6. The van der Waals surface area contributed by atoms with Gasteiger partial charge in [0.25, 0.3) is 11.8 Å². The van der Waals surface area contributed by atoms with Crippen LogP contribution >= 0.6 is 11.6 Å². The molecule has 3 aromatic carbocycles. The fourth-order valence-electron chi connectivity index (χ4n) is 4.22. The zero-order valence-electron chi connectivity index (χ0n) is 22.0. The normalized spacial score (nSPS) is 14.6. The summed E-state index contributed by atoms with van der Waals surface area (Å²) in [5, 5.41) is 2.51. The molecule has 3 aromatic rings. The zero-order valence-corrected chi connectivity index (χ0v) is 22.7. The van der Waals surface area contributed by atoms with E-state index in [4.69, 9.17) is 21.1 Å². The lowest BCUT2D eigenvalue weighted by Crippen LogP contribution is -2.54. The van der Waals surface area contributed by atoms with Crippen LogP contribution in [0, 0.1) is 27.7 Å². The van der Waals surface area contributed by atoms with E-state index in [1.54, 1.807) is 31.2 Å². The highest BCUT2D eigenvalue weighted by molar-refractivity contribution is 6.39. The number of benzene rings is 3. The average Bonchev–Trinajstić information content (AvgIpc) is 2.85. The number of halogens is 1. The quantitative estimate of drug-likeness (QED) is 0.288. The third-order valence-electron chi connectivity index (χ3n) is 6.29. The first-order valence-electron chi connectivity index (χ1n) is 12.2. The van der Waals surface area contributed by atoms with Crippen LogP contribution in [0.4, 0.5) is 10.5 Å². The van der Waals surface area contributed by atoms with Crippen molar-refractivity contribution < 1.29 is 23.9 Å². The SMILES string of the molecule is CCOc1cc(/C=C2\C(=O)NC(=O)N(c3ccc(C)cc3C)C2=O)cc(Cl)c1OCc1ccc(C)c(C)c1. The first kappa shape index (κ1) is 26.9. The second kappa shape index (κ2) is 11.1.